The lowest BCUT2D eigenvalue weighted by atomic mass is 10.1. The van der Waals surface area contributed by atoms with Gasteiger partial charge in [0.15, 0.2) is 0 Å². The predicted octanol–water partition coefficient (Wildman–Crippen LogP) is 2.43. The Bertz CT molecular complexity index is 705. The first kappa shape index (κ1) is 16.5. The fourth-order valence-corrected chi connectivity index (χ4v) is 3.06. The molecule has 0 radical (unpaired) electrons. The number of β-amino-alcohol motifs (C(OH)–C–C–N with tert-alkyl or cyclic N) is 1. The molecule has 0 aliphatic carbocycles. The Morgan fingerprint density at radius 1 is 1.46 bits per heavy atom. The van der Waals surface area contributed by atoms with Gasteiger partial charge in [-0.15, -0.1) is 0 Å². The summed E-state index contributed by atoms with van der Waals surface area (Å²) in [7, 11) is 0. The molecule has 1 aromatic carbocycles. The van der Waals surface area contributed by atoms with Gasteiger partial charge in [-0.05, 0) is 50.6 Å². The molecule has 2 aromatic rings. The van der Waals surface area contributed by atoms with Crippen LogP contribution >= 0.6 is 0 Å². The Balaban J connectivity index is 1.52. The summed E-state index contributed by atoms with van der Waals surface area (Å²) in [5.41, 5.74) is 1.52. The first-order chi connectivity index (χ1) is 11.7. The number of aryl methyl sites for hydroxylation is 1. The highest BCUT2D eigenvalue weighted by Gasteiger charge is 2.29. The van der Waals surface area contributed by atoms with Crippen molar-refractivity contribution in [3.63, 3.8) is 0 Å². The summed E-state index contributed by atoms with van der Waals surface area (Å²) in [6, 6.07) is 11.1. The van der Waals surface area contributed by atoms with Gasteiger partial charge in [0, 0.05) is 12.6 Å². The van der Waals surface area contributed by atoms with Gasteiger partial charge in [0.2, 0.25) is 0 Å². The van der Waals surface area contributed by atoms with E-state index >= 15 is 0 Å². The first-order valence-corrected chi connectivity index (χ1v) is 8.14. The molecule has 24 heavy (non-hydrogen) atoms. The lowest BCUT2D eigenvalue weighted by Gasteiger charge is -2.25. The highest BCUT2D eigenvalue weighted by molar-refractivity contribution is 5.34. The van der Waals surface area contributed by atoms with Gasteiger partial charge in [-0.25, -0.2) is 0 Å². The fourth-order valence-electron chi connectivity index (χ4n) is 3.06. The average molecular weight is 327 g/mol. The van der Waals surface area contributed by atoms with E-state index in [0.29, 0.717) is 17.9 Å². The van der Waals surface area contributed by atoms with Gasteiger partial charge in [0.05, 0.1) is 17.7 Å². The molecule has 126 valence electrons. The molecule has 0 amide bonds. The van der Waals surface area contributed by atoms with Gasteiger partial charge in [-0.2, -0.15) is 5.26 Å². The van der Waals surface area contributed by atoms with Crippen molar-refractivity contribution in [1.29, 1.82) is 5.26 Å². The van der Waals surface area contributed by atoms with Crippen molar-refractivity contribution in [1.82, 2.24) is 10.1 Å². The molecule has 6 heteroatoms. The highest BCUT2D eigenvalue weighted by Crippen LogP contribution is 2.31. The number of hydrogen-bond donors (Lipinski definition) is 1. The number of benzene rings is 1. The van der Waals surface area contributed by atoms with Gasteiger partial charge in [0.25, 0.3) is 0 Å². The van der Waals surface area contributed by atoms with Crippen LogP contribution in [0.3, 0.4) is 0 Å². The zero-order valence-electron chi connectivity index (χ0n) is 13.7. The molecule has 2 atom stereocenters. The summed E-state index contributed by atoms with van der Waals surface area (Å²) in [6.07, 6.45) is 1.52. The third-order valence-corrected chi connectivity index (χ3v) is 4.22. The summed E-state index contributed by atoms with van der Waals surface area (Å²) in [4.78, 5) is 2.23. The van der Waals surface area contributed by atoms with E-state index in [4.69, 9.17) is 14.5 Å². The smallest absolute Gasteiger partial charge is 0.133 e. The molecule has 6 nitrogen and oxygen atoms in total. The van der Waals surface area contributed by atoms with E-state index in [9.17, 15) is 5.11 Å². The second kappa shape index (κ2) is 7.47. The molecule has 1 saturated heterocycles. The summed E-state index contributed by atoms with van der Waals surface area (Å²) in [5.74, 6) is 1.46. The third-order valence-electron chi connectivity index (χ3n) is 4.22. The molecule has 2 heterocycles. The van der Waals surface area contributed by atoms with Gasteiger partial charge in [-0.1, -0.05) is 5.16 Å². The molecule has 1 N–H and O–H groups in total. The van der Waals surface area contributed by atoms with Crippen LogP contribution in [0.15, 0.2) is 34.9 Å². The molecule has 1 aliphatic rings. The Hall–Kier alpha value is -2.36. The van der Waals surface area contributed by atoms with Crippen molar-refractivity contribution in [3.8, 4) is 11.8 Å². The van der Waals surface area contributed by atoms with Gasteiger partial charge >= 0.3 is 0 Å². The zero-order valence-corrected chi connectivity index (χ0v) is 13.7. The summed E-state index contributed by atoms with van der Waals surface area (Å²) >= 11 is 0. The normalized spacial score (nSPS) is 19.1. The van der Waals surface area contributed by atoms with Crippen LogP contribution in [0.4, 0.5) is 0 Å². The van der Waals surface area contributed by atoms with Crippen LogP contribution in [0, 0.1) is 18.3 Å². The molecule has 0 bridgehead atoms. The van der Waals surface area contributed by atoms with E-state index < -0.39 is 6.10 Å². The zero-order chi connectivity index (χ0) is 16.9. The number of hydrogen-bond acceptors (Lipinski definition) is 6. The average Bonchev–Trinajstić information content (AvgIpc) is 3.22. The van der Waals surface area contributed by atoms with Crippen LogP contribution in [0.2, 0.25) is 0 Å². The van der Waals surface area contributed by atoms with E-state index in [0.717, 1.165) is 30.8 Å². The number of nitriles is 1. The van der Waals surface area contributed by atoms with E-state index in [1.54, 1.807) is 24.3 Å². The summed E-state index contributed by atoms with van der Waals surface area (Å²) < 4.78 is 10.8. The Kier molecular flexibility index (Phi) is 5.14. The van der Waals surface area contributed by atoms with Crippen molar-refractivity contribution in [2.45, 2.75) is 31.9 Å². The lowest BCUT2D eigenvalue weighted by molar-refractivity contribution is 0.0628. The SMILES string of the molecule is Cc1cc(C2CCCN2CC(O)COc2ccc(C#N)cc2)no1. The van der Waals surface area contributed by atoms with Crippen molar-refractivity contribution in [3.05, 3.63) is 47.3 Å². The van der Waals surface area contributed by atoms with Crippen LogP contribution in [-0.4, -0.2) is 41.0 Å². The van der Waals surface area contributed by atoms with Crippen molar-refractivity contribution in [2.24, 2.45) is 0 Å². The first-order valence-electron chi connectivity index (χ1n) is 8.14. The molecule has 0 spiro atoms. The molecule has 3 rings (SSSR count). The largest absolute Gasteiger partial charge is 0.491 e. The topological polar surface area (TPSA) is 82.5 Å². The maximum Gasteiger partial charge on any atom is 0.133 e. The standard InChI is InChI=1S/C18H21N3O3/c1-13-9-17(20-24-13)18-3-2-8-21(18)11-15(22)12-23-16-6-4-14(10-19)5-7-16/h4-7,9,15,18,22H,2-3,8,11-12H2,1H3. The Labute approximate surface area is 141 Å². The van der Waals surface area contributed by atoms with Crippen LogP contribution in [-0.2, 0) is 0 Å². The number of nitrogens with zero attached hydrogens (tertiary/aromatic N) is 3. The molecular formula is C18H21N3O3. The van der Waals surface area contributed by atoms with E-state index in [1.807, 2.05) is 13.0 Å². The summed E-state index contributed by atoms with van der Waals surface area (Å²) in [6.45, 7) is 3.57. The molecule has 1 aromatic heterocycles. The lowest BCUT2D eigenvalue weighted by Crippen LogP contribution is -2.35. The summed E-state index contributed by atoms with van der Waals surface area (Å²) in [5, 5.41) is 23.2. The Morgan fingerprint density at radius 2 is 2.25 bits per heavy atom. The molecule has 1 fully saturated rings. The quantitative estimate of drug-likeness (QED) is 0.877. The molecule has 1 aliphatic heterocycles. The second-order valence-corrected chi connectivity index (χ2v) is 6.12. The highest BCUT2D eigenvalue weighted by atomic mass is 16.5. The van der Waals surface area contributed by atoms with Gasteiger partial charge < -0.3 is 14.4 Å². The minimum absolute atomic E-state index is 0.201. The van der Waals surface area contributed by atoms with Crippen LogP contribution in [0.5, 0.6) is 5.75 Å². The third kappa shape index (κ3) is 3.94. The second-order valence-electron chi connectivity index (χ2n) is 6.12. The van der Waals surface area contributed by atoms with Crippen LogP contribution < -0.4 is 4.74 Å². The van der Waals surface area contributed by atoms with Crippen molar-refractivity contribution in [2.75, 3.05) is 19.7 Å². The minimum Gasteiger partial charge on any atom is -0.491 e. The van der Waals surface area contributed by atoms with E-state index in [1.165, 1.54) is 0 Å². The number of aromatic nitrogens is 1. The number of ether oxygens (including phenoxy) is 1. The van der Waals surface area contributed by atoms with Crippen molar-refractivity contribution >= 4 is 0 Å². The maximum absolute atomic E-state index is 10.3. The van der Waals surface area contributed by atoms with Crippen LogP contribution in [0.1, 0.15) is 35.9 Å². The predicted molar refractivity (Wildman–Crippen MR) is 87.4 cm³/mol. The maximum atomic E-state index is 10.3. The Morgan fingerprint density at radius 3 is 2.92 bits per heavy atom. The number of rotatable bonds is 6. The van der Waals surface area contributed by atoms with Gasteiger partial charge in [0.1, 0.15) is 29.9 Å². The van der Waals surface area contributed by atoms with E-state index in [2.05, 4.69) is 16.1 Å². The van der Waals surface area contributed by atoms with Gasteiger partial charge in [-0.3, -0.25) is 4.90 Å². The number of likely N-dealkylation sites (tertiary alicyclic amines) is 1. The number of aliphatic hydroxyl groups is 1. The monoisotopic (exact) mass is 327 g/mol. The fraction of sp³-hybridized carbons (Fsp3) is 0.444. The van der Waals surface area contributed by atoms with Crippen molar-refractivity contribution < 1.29 is 14.4 Å². The molecular weight excluding hydrogens is 306 g/mol. The van der Waals surface area contributed by atoms with Crippen LogP contribution in [0.25, 0.3) is 0 Å². The minimum atomic E-state index is -0.589. The number of aliphatic hydroxyl groups excluding tert-OH is 1. The molecule has 0 saturated carbocycles. The molecule has 2 unspecified atom stereocenters. The van der Waals surface area contributed by atoms with E-state index in [-0.39, 0.29) is 12.6 Å².